The normalized spacial score (nSPS) is 11.3. The van der Waals surface area contributed by atoms with Crippen molar-refractivity contribution in [2.24, 2.45) is 0 Å². The van der Waals surface area contributed by atoms with Gasteiger partial charge in [-0.05, 0) is 30.2 Å². The van der Waals surface area contributed by atoms with E-state index in [2.05, 4.69) is 20.2 Å². The van der Waals surface area contributed by atoms with Gasteiger partial charge in [-0.25, -0.2) is 0 Å². The lowest BCUT2D eigenvalue weighted by atomic mass is 10.0. The summed E-state index contributed by atoms with van der Waals surface area (Å²) in [5.74, 6) is -0.864. The topological polar surface area (TPSA) is 115 Å². The summed E-state index contributed by atoms with van der Waals surface area (Å²) in [7, 11) is 0. The van der Waals surface area contributed by atoms with E-state index in [1.807, 2.05) is 24.3 Å². The Bertz CT molecular complexity index is 1110. The molecule has 4 aromatic rings. The van der Waals surface area contributed by atoms with Crippen molar-refractivity contribution in [2.75, 3.05) is 0 Å². The number of aryl methyl sites for hydroxylation is 1. The molecule has 0 unspecified atom stereocenters. The van der Waals surface area contributed by atoms with Crippen molar-refractivity contribution in [1.82, 2.24) is 20.2 Å². The van der Waals surface area contributed by atoms with Gasteiger partial charge in [0, 0.05) is 40.7 Å². The number of hydrogen-bond acceptors (Lipinski definition) is 3. The van der Waals surface area contributed by atoms with Crippen LogP contribution in [-0.4, -0.2) is 31.2 Å². The Kier molecular flexibility index (Phi) is 3.19. The van der Waals surface area contributed by atoms with Crippen molar-refractivity contribution in [2.45, 2.75) is 12.8 Å². The van der Waals surface area contributed by atoms with Gasteiger partial charge in [-0.1, -0.05) is 6.07 Å². The van der Waals surface area contributed by atoms with Crippen molar-refractivity contribution in [3.63, 3.8) is 0 Å². The van der Waals surface area contributed by atoms with E-state index in [9.17, 15) is 9.59 Å². The van der Waals surface area contributed by atoms with Crippen LogP contribution in [0.1, 0.15) is 12.0 Å². The van der Waals surface area contributed by atoms with Crippen LogP contribution in [0.4, 0.5) is 0 Å². The van der Waals surface area contributed by atoms with Crippen molar-refractivity contribution >= 4 is 27.8 Å². The average molecular weight is 322 g/mol. The Morgan fingerprint density at radius 2 is 2.12 bits per heavy atom. The lowest BCUT2D eigenvalue weighted by Crippen LogP contribution is -2.06. The maximum atomic E-state index is 12.2. The van der Waals surface area contributed by atoms with Crippen molar-refractivity contribution in [3.8, 4) is 11.3 Å². The molecule has 0 aliphatic heterocycles. The first-order valence-electron chi connectivity index (χ1n) is 7.51. The number of benzene rings is 1. The monoisotopic (exact) mass is 322 g/mol. The van der Waals surface area contributed by atoms with E-state index in [0.717, 1.165) is 27.6 Å². The number of hydrogen-bond donors (Lipinski definition) is 4. The van der Waals surface area contributed by atoms with E-state index >= 15 is 0 Å². The summed E-state index contributed by atoms with van der Waals surface area (Å²) in [6.45, 7) is 0. The molecule has 3 aromatic heterocycles. The number of aromatic nitrogens is 4. The third kappa shape index (κ3) is 2.26. The summed E-state index contributed by atoms with van der Waals surface area (Å²) in [6, 6.07) is 7.59. The van der Waals surface area contributed by atoms with E-state index in [-0.39, 0.29) is 12.0 Å². The fourth-order valence-corrected chi connectivity index (χ4v) is 3.02. The Hall–Kier alpha value is -3.35. The molecule has 4 N–H and O–H groups in total. The third-order valence-electron chi connectivity index (χ3n) is 4.15. The number of rotatable bonds is 4. The summed E-state index contributed by atoms with van der Waals surface area (Å²) in [5.41, 5.74) is 3.60. The van der Waals surface area contributed by atoms with Gasteiger partial charge < -0.3 is 15.1 Å². The van der Waals surface area contributed by atoms with Crippen molar-refractivity contribution in [3.05, 3.63) is 52.6 Å². The molecular weight excluding hydrogens is 308 g/mol. The highest BCUT2D eigenvalue weighted by Gasteiger charge is 2.13. The van der Waals surface area contributed by atoms with Crippen LogP contribution in [0.2, 0.25) is 0 Å². The van der Waals surface area contributed by atoms with E-state index in [4.69, 9.17) is 5.11 Å². The summed E-state index contributed by atoms with van der Waals surface area (Å²) >= 11 is 0. The molecule has 3 heterocycles. The smallest absolute Gasteiger partial charge is 0.303 e. The standard InChI is InChI=1S/C17H14N4O3/c22-14(23)4-2-10-8-18-16-15(10)11-7-9(12-5-6-19-21-12)1-3-13(11)20-17(16)24/h1,3,5-8,18H,2,4H2,(H,19,21)(H,20,24)(H,22,23). The highest BCUT2D eigenvalue weighted by atomic mass is 16.4. The summed E-state index contributed by atoms with van der Waals surface area (Å²) in [6.07, 6.45) is 3.77. The number of pyridine rings is 1. The largest absolute Gasteiger partial charge is 0.481 e. The number of aliphatic carboxylic acids is 1. The lowest BCUT2D eigenvalue weighted by molar-refractivity contribution is -0.136. The first kappa shape index (κ1) is 14.3. The van der Waals surface area contributed by atoms with Crippen LogP contribution in [0, 0.1) is 0 Å². The van der Waals surface area contributed by atoms with Gasteiger partial charge in [0.1, 0.15) is 5.52 Å². The van der Waals surface area contributed by atoms with Gasteiger partial charge in [0.15, 0.2) is 0 Å². The van der Waals surface area contributed by atoms with Crippen LogP contribution in [0.5, 0.6) is 0 Å². The molecule has 4 rings (SSSR count). The molecular formula is C17H14N4O3. The minimum Gasteiger partial charge on any atom is -0.481 e. The minimum atomic E-state index is -0.864. The van der Waals surface area contributed by atoms with Gasteiger partial charge in [-0.2, -0.15) is 5.10 Å². The van der Waals surface area contributed by atoms with Crippen LogP contribution >= 0.6 is 0 Å². The molecule has 120 valence electrons. The number of carboxylic acids is 1. The van der Waals surface area contributed by atoms with Gasteiger partial charge in [0.25, 0.3) is 5.56 Å². The molecule has 0 spiro atoms. The van der Waals surface area contributed by atoms with Crippen LogP contribution in [-0.2, 0) is 11.2 Å². The average Bonchev–Trinajstić information content (AvgIpc) is 3.23. The van der Waals surface area contributed by atoms with Gasteiger partial charge in [-0.15, -0.1) is 0 Å². The minimum absolute atomic E-state index is 0.0154. The molecule has 7 heteroatoms. The zero-order chi connectivity index (χ0) is 16.7. The van der Waals surface area contributed by atoms with E-state index in [1.54, 1.807) is 12.4 Å². The maximum Gasteiger partial charge on any atom is 0.303 e. The van der Waals surface area contributed by atoms with Crippen molar-refractivity contribution in [1.29, 1.82) is 0 Å². The van der Waals surface area contributed by atoms with Crippen molar-refractivity contribution < 1.29 is 9.90 Å². The zero-order valence-electron chi connectivity index (χ0n) is 12.6. The third-order valence-corrected chi connectivity index (χ3v) is 4.15. The molecule has 0 fully saturated rings. The van der Waals surface area contributed by atoms with Gasteiger partial charge in [0.05, 0.1) is 5.69 Å². The van der Waals surface area contributed by atoms with Crippen LogP contribution in [0.25, 0.3) is 33.1 Å². The molecule has 0 aliphatic rings. The van der Waals surface area contributed by atoms with Gasteiger partial charge in [0.2, 0.25) is 0 Å². The fourth-order valence-electron chi connectivity index (χ4n) is 3.02. The second-order valence-corrected chi connectivity index (χ2v) is 5.64. The predicted molar refractivity (Wildman–Crippen MR) is 90.0 cm³/mol. The van der Waals surface area contributed by atoms with Crippen LogP contribution in [0.15, 0.2) is 41.5 Å². The van der Waals surface area contributed by atoms with Gasteiger partial charge in [-0.3, -0.25) is 14.7 Å². The molecule has 0 radical (unpaired) electrons. The number of carbonyl (C=O) groups is 1. The maximum absolute atomic E-state index is 12.2. The molecule has 0 saturated carbocycles. The molecule has 0 aliphatic carbocycles. The molecule has 0 atom stereocenters. The van der Waals surface area contributed by atoms with E-state index in [1.165, 1.54) is 0 Å². The number of nitrogens with one attached hydrogen (secondary N) is 3. The highest BCUT2D eigenvalue weighted by Crippen LogP contribution is 2.29. The number of fused-ring (bicyclic) bond motifs is 3. The SMILES string of the molecule is O=C(O)CCc1c[nH]c2c(=O)[nH]c3ccc(-c4ccn[nH]4)cc3c12. The Morgan fingerprint density at radius 3 is 2.88 bits per heavy atom. The molecule has 0 bridgehead atoms. The second-order valence-electron chi connectivity index (χ2n) is 5.64. The Balaban J connectivity index is 1.98. The van der Waals surface area contributed by atoms with Crippen LogP contribution in [0.3, 0.4) is 0 Å². The van der Waals surface area contributed by atoms with E-state index < -0.39 is 5.97 Å². The number of H-pyrrole nitrogens is 3. The number of carboxylic acid groups (broad SMARTS) is 1. The Morgan fingerprint density at radius 1 is 1.25 bits per heavy atom. The molecule has 0 saturated heterocycles. The molecule has 7 nitrogen and oxygen atoms in total. The first-order chi connectivity index (χ1) is 11.6. The lowest BCUT2D eigenvalue weighted by Gasteiger charge is -2.05. The molecule has 1 aromatic carbocycles. The first-order valence-corrected chi connectivity index (χ1v) is 7.51. The highest BCUT2D eigenvalue weighted by molar-refractivity contribution is 6.07. The van der Waals surface area contributed by atoms with E-state index in [0.29, 0.717) is 17.5 Å². The Labute approximate surface area is 135 Å². The summed E-state index contributed by atoms with van der Waals surface area (Å²) < 4.78 is 0. The number of nitrogens with zero attached hydrogens (tertiary/aromatic N) is 1. The summed E-state index contributed by atoms with van der Waals surface area (Å²) in [4.78, 5) is 28.9. The zero-order valence-corrected chi connectivity index (χ0v) is 12.6. The molecule has 24 heavy (non-hydrogen) atoms. The van der Waals surface area contributed by atoms with Gasteiger partial charge >= 0.3 is 5.97 Å². The quantitative estimate of drug-likeness (QED) is 0.462. The predicted octanol–water partition coefficient (Wildman–Crippen LogP) is 2.42. The second kappa shape index (κ2) is 5.38. The van der Waals surface area contributed by atoms with Crippen LogP contribution < -0.4 is 5.56 Å². The summed E-state index contributed by atoms with van der Waals surface area (Å²) in [5, 5.41) is 17.5. The number of aromatic amines is 3. The fraction of sp³-hybridized carbons (Fsp3) is 0.118. The molecule has 0 amide bonds.